The summed E-state index contributed by atoms with van der Waals surface area (Å²) in [6.45, 7) is 0.264. The van der Waals surface area contributed by atoms with E-state index in [1.165, 1.54) is 12.3 Å². The first-order valence-corrected chi connectivity index (χ1v) is 6.30. The number of hydrogen-bond donors (Lipinski definition) is 1. The second-order valence-electron chi connectivity index (χ2n) is 3.82. The standard InChI is InChI=1S/C11H9BrF3N3O2/c12-9-2-1-7(20-9)10(19)16-4-6-18-5-3-8(17-18)11(13,14)15/h1-3,5H,4,6H2,(H,16,19). The van der Waals surface area contributed by atoms with Gasteiger partial charge in [-0.15, -0.1) is 0 Å². The van der Waals surface area contributed by atoms with Gasteiger partial charge in [-0.2, -0.15) is 18.3 Å². The first-order chi connectivity index (χ1) is 9.36. The van der Waals surface area contributed by atoms with Gasteiger partial charge in [0.05, 0.1) is 6.54 Å². The summed E-state index contributed by atoms with van der Waals surface area (Å²) in [7, 11) is 0. The number of furan rings is 1. The largest absolute Gasteiger partial charge is 0.444 e. The normalized spacial score (nSPS) is 11.6. The van der Waals surface area contributed by atoms with E-state index in [2.05, 4.69) is 26.3 Å². The zero-order valence-electron chi connectivity index (χ0n) is 9.95. The van der Waals surface area contributed by atoms with Crippen molar-refractivity contribution in [2.75, 3.05) is 6.54 Å². The van der Waals surface area contributed by atoms with Crippen LogP contribution in [0.1, 0.15) is 16.2 Å². The lowest BCUT2D eigenvalue weighted by Gasteiger charge is -2.04. The van der Waals surface area contributed by atoms with E-state index in [1.807, 2.05) is 0 Å². The molecule has 2 aromatic rings. The second-order valence-corrected chi connectivity index (χ2v) is 4.60. The Morgan fingerprint density at radius 3 is 2.70 bits per heavy atom. The van der Waals surface area contributed by atoms with Crippen molar-refractivity contribution in [2.45, 2.75) is 12.7 Å². The van der Waals surface area contributed by atoms with E-state index in [1.54, 1.807) is 6.07 Å². The van der Waals surface area contributed by atoms with Crippen molar-refractivity contribution in [3.63, 3.8) is 0 Å². The van der Waals surface area contributed by atoms with E-state index in [9.17, 15) is 18.0 Å². The van der Waals surface area contributed by atoms with Gasteiger partial charge >= 0.3 is 6.18 Å². The van der Waals surface area contributed by atoms with Crippen molar-refractivity contribution >= 4 is 21.8 Å². The number of nitrogens with zero attached hydrogens (tertiary/aromatic N) is 2. The summed E-state index contributed by atoms with van der Waals surface area (Å²) < 4.78 is 43.5. The van der Waals surface area contributed by atoms with Crippen molar-refractivity contribution in [3.05, 3.63) is 40.5 Å². The molecule has 1 amide bonds. The summed E-state index contributed by atoms with van der Waals surface area (Å²) >= 11 is 3.06. The van der Waals surface area contributed by atoms with Crippen LogP contribution >= 0.6 is 15.9 Å². The maximum absolute atomic E-state index is 12.3. The molecule has 0 fully saturated rings. The molecule has 108 valence electrons. The zero-order chi connectivity index (χ0) is 14.8. The van der Waals surface area contributed by atoms with E-state index >= 15 is 0 Å². The molecule has 0 radical (unpaired) electrons. The first-order valence-electron chi connectivity index (χ1n) is 5.50. The van der Waals surface area contributed by atoms with Gasteiger partial charge in [-0.3, -0.25) is 9.48 Å². The van der Waals surface area contributed by atoms with Crippen molar-refractivity contribution in [2.24, 2.45) is 0 Å². The lowest BCUT2D eigenvalue weighted by Crippen LogP contribution is -2.27. The molecule has 0 aliphatic carbocycles. The lowest BCUT2D eigenvalue weighted by atomic mass is 10.4. The minimum Gasteiger partial charge on any atom is -0.444 e. The maximum Gasteiger partial charge on any atom is 0.435 e. The molecule has 0 saturated carbocycles. The molecule has 0 aliphatic rings. The van der Waals surface area contributed by atoms with Crippen LogP contribution in [0.4, 0.5) is 13.2 Å². The lowest BCUT2D eigenvalue weighted by molar-refractivity contribution is -0.141. The highest BCUT2D eigenvalue weighted by atomic mass is 79.9. The van der Waals surface area contributed by atoms with Gasteiger partial charge in [0, 0.05) is 12.7 Å². The summed E-state index contributed by atoms with van der Waals surface area (Å²) in [5, 5.41) is 5.88. The highest BCUT2D eigenvalue weighted by molar-refractivity contribution is 9.10. The molecular weight excluding hydrogens is 343 g/mol. The van der Waals surface area contributed by atoms with Crippen LogP contribution in [0.2, 0.25) is 0 Å². The van der Waals surface area contributed by atoms with Gasteiger partial charge < -0.3 is 9.73 Å². The summed E-state index contributed by atoms with van der Waals surface area (Å²) in [6, 6.07) is 3.93. The van der Waals surface area contributed by atoms with Gasteiger partial charge in [0.2, 0.25) is 0 Å². The van der Waals surface area contributed by atoms with Crippen LogP contribution in [0.25, 0.3) is 0 Å². The SMILES string of the molecule is O=C(NCCn1ccc(C(F)(F)F)n1)c1ccc(Br)o1. The number of rotatable bonds is 4. The molecule has 2 aromatic heterocycles. The molecule has 1 N–H and O–H groups in total. The number of carbonyl (C=O) groups is 1. The van der Waals surface area contributed by atoms with Crippen LogP contribution in [0.15, 0.2) is 33.5 Å². The van der Waals surface area contributed by atoms with Gasteiger partial charge in [-0.25, -0.2) is 0 Å². The van der Waals surface area contributed by atoms with E-state index in [0.717, 1.165) is 10.7 Å². The summed E-state index contributed by atoms with van der Waals surface area (Å²) in [6.07, 6.45) is -3.26. The first kappa shape index (κ1) is 14.6. The Balaban J connectivity index is 1.84. The Hall–Kier alpha value is -1.77. The number of amides is 1. The number of alkyl halides is 3. The third-order valence-electron chi connectivity index (χ3n) is 2.35. The monoisotopic (exact) mass is 351 g/mol. The van der Waals surface area contributed by atoms with Crippen molar-refractivity contribution in [3.8, 4) is 0 Å². The van der Waals surface area contributed by atoms with Crippen LogP contribution < -0.4 is 5.32 Å². The number of carbonyl (C=O) groups excluding carboxylic acids is 1. The van der Waals surface area contributed by atoms with E-state index in [0.29, 0.717) is 4.67 Å². The molecule has 0 aliphatic heterocycles. The Labute approximate surface area is 119 Å². The highest BCUT2D eigenvalue weighted by Crippen LogP contribution is 2.27. The quantitative estimate of drug-likeness (QED) is 0.921. The Bertz CT molecular complexity index is 606. The smallest absolute Gasteiger partial charge is 0.435 e. The molecule has 5 nitrogen and oxygen atoms in total. The van der Waals surface area contributed by atoms with Crippen LogP contribution in [-0.2, 0) is 12.7 Å². The molecule has 0 bridgehead atoms. The Morgan fingerprint density at radius 1 is 1.40 bits per heavy atom. The molecule has 2 heterocycles. The average Bonchev–Trinajstić information content (AvgIpc) is 2.97. The fourth-order valence-corrected chi connectivity index (χ4v) is 1.75. The van der Waals surface area contributed by atoms with Gasteiger partial charge in [0.1, 0.15) is 0 Å². The second kappa shape index (κ2) is 5.70. The topological polar surface area (TPSA) is 60.1 Å². The average molecular weight is 352 g/mol. The van der Waals surface area contributed by atoms with E-state index < -0.39 is 17.8 Å². The van der Waals surface area contributed by atoms with Gasteiger partial charge in [-0.05, 0) is 34.1 Å². The third-order valence-corrected chi connectivity index (χ3v) is 2.78. The minimum absolute atomic E-state index is 0.119. The van der Waals surface area contributed by atoms with Crippen molar-refractivity contribution < 1.29 is 22.4 Å². The van der Waals surface area contributed by atoms with Crippen LogP contribution in [-0.4, -0.2) is 22.2 Å². The molecular formula is C11H9BrF3N3O2. The zero-order valence-corrected chi connectivity index (χ0v) is 11.5. The minimum atomic E-state index is -4.46. The third kappa shape index (κ3) is 3.62. The molecule has 0 atom stereocenters. The van der Waals surface area contributed by atoms with Gasteiger partial charge in [-0.1, -0.05) is 0 Å². The number of halogens is 4. The predicted octanol–water partition coefficient (Wildman–Crippen LogP) is 2.69. The Morgan fingerprint density at radius 2 is 2.15 bits per heavy atom. The predicted molar refractivity (Wildman–Crippen MR) is 66.0 cm³/mol. The molecule has 9 heteroatoms. The summed E-state index contributed by atoms with van der Waals surface area (Å²) in [5.74, 6) is -0.327. The molecule has 0 unspecified atom stereocenters. The number of aromatic nitrogens is 2. The molecule has 0 aromatic carbocycles. The van der Waals surface area contributed by atoms with E-state index in [4.69, 9.17) is 4.42 Å². The van der Waals surface area contributed by atoms with Gasteiger partial charge in [0.25, 0.3) is 5.91 Å². The van der Waals surface area contributed by atoms with Crippen LogP contribution in [0, 0.1) is 0 Å². The molecule has 0 saturated heterocycles. The van der Waals surface area contributed by atoms with Crippen LogP contribution in [0.5, 0.6) is 0 Å². The van der Waals surface area contributed by atoms with Gasteiger partial charge in [0.15, 0.2) is 16.1 Å². The van der Waals surface area contributed by atoms with Crippen LogP contribution in [0.3, 0.4) is 0 Å². The van der Waals surface area contributed by atoms with Crippen molar-refractivity contribution in [1.29, 1.82) is 0 Å². The summed E-state index contributed by atoms with van der Waals surface area (Å²) in [5.41, 5.74) is -0.959. The van der Waals surface area contributed by atoms with E-state index in [-0.39, 0.29) is 18.8 Å². The molecule has 20 heavy (non-hydrogen) atoms. The number of nitrogens with one attached hydrogen (secondary N) is 1. The number of hydrogen-bond acceptors (Lipinski definition) is 3. The van der Waals surface area contributed by atoms with Crippen molar-refractivity contribution in [1.82, 2.24) is 15.1 Å². The fraction of sp³-hybridized carbons (Fsp3) is 0.273. The summed E-state index contributed by atoms with van der Waals surface area (Å²) in [4.78, 5) is 11.6. The molecule has 2 rings (SSSR count). The Kier molecular flexibility index (Phi) is 4.17. The molecule has 0 spiro atoms. The fourth-order valence-electron chi connectivity index (χ4n) is 1.44. The maximum atomic E-state index is 12.3. The highest BCUT2D eigenvalue weighted by Gasteiger charge is 2.33.